The van der Waals surface area contributed by atoms with E-state index in [-0.39, 0.29) is 22.9 Å². The molecule has 8 nitrogen and oxygen atoms in total. The monoisotopic (exact) mass is 462 g/mol. The molecule has 0 radical (unpaired) electrons. The molecular weight excluding hydrogens is 448 g/mol. The van der Waals surface area contributed by atoms with Gasteiger partial charge in [0.1, 0.15) is 0 Å². The third-order valence-electron chi connectivity index (χ3n) is 4.82. The fourth-order valence-electron chi connectivity index (χ4n) is 3.32. The molecular formula is C21H15BrN6O2. The van der Waals surface area contributed by atoms with Crippen LogP contribution >= 0.6 is 15.9 Å². The van der Waals surface area contributed by atoms with Crippen LogP contribution in [0.15, 0.2) is 64.1 Å². The topological polar surface area (TPSA) is 104 Å². The van der Waals surface area contributed by atoms with Crippen LogP contribution in [0.4, 0.5) is 0 Å². The second-order valence-corrected chi connectivity index (χ2v) is 7.61. The molecule has 1 aliphatic heterocycles. The van der Waals surface area contributed by atoms with Gasteiger partial charge in [-0.25, -0.2) is 4.98 Å². The summed E-state index contributed by atoms with van der Waals surface area (Å²) in [6.07, 6.45) is 2.07. The summed E-state index contributed by atoms with van der Waals surface area (Å²) in [7, 11) is 1.44. The molecule has 30 heavy (non-hydrogen) atoms. The van der Waals surface area contributed by atoms with Gasteiger partial charge in [0.25, 0.3) is 11.5 Å². The van der Waals surface area contributed by atoms with Crippen molar-refractivity contribution in [3.63, 3.8) is 0 Å². The molecule has 148 valence electrons. The number of carbonyl (C=O) groups is 2. The van der Waals surface area contributed by atoms with E-state index in [0.717, 1.165) is 14.9 Å². The van der Waals surface area contributed by atoms with Gasteiger partial charge in [0.05, 0.1) is 17.3 Å². The lowest BCUT2D eigenvalue weighted by molar-refractivity contribution is -0.129. The van der Waals surface area contributed by atoms with Crippen molar-refractivity contribution in [2.45, 2.75) is 12.3 Å². The van der Waals surface area contributed by atoms with Gasteiger partial charge in [-0.05, 0) is 36.2 Å². The van der Waals surface area contributed by atoms with Gasteiger partial charge in [0.2, 0.25) is 12.1 Å². The summed E-state index contributed by atoms with van der Waals surface area (Å²) in [6.45, 7) is 0. The maximum absolute atomic E-state index is 12.9. The summed E-state index contributed by atoms with van der Waals surface area (Å²) >= 11 is 3.37. The molecule has 0 fully saturated rings. The molecule has 0 aliphatic carbocycles. The van der Waals surface area contributed by atoms with Gasteiger partial charge in [0.15, 0.2) is 5.69 Å². The summed E-state index contributed by atoms with van der Waals surface area (Å²) in [6, 6.07) is 16.6. The van der Waals surface area contributed by atoms with Gasteiger partial charge in [-0.1, -0.05) is 46.3 Å². The average molecular weight is 463 g/mol. The fourth-order valence-corrected chi connectivity index (χ4v) is 3.58. The molecule has 2 heterocycles. The lowest BCUT2D eigenvalue weighted by Crippen LogP contribution is -2.46. The Balaban J connectivity index is 1.92. The standard InChI is InChI=1S/C21H15BrN6O2/c1-27-19(29)16(11-13-5-3-2-4-6-13)17-18(20(27)30)26-28(21(25-17)24-12-23)15-9-7-14(22)8-10-15/h2-10,16H,11H2,1H3. The van der Waals surface area contributed by atoms with Crippen LogP contribution in [0.1, 0.15) is 27.7 Å². The predicted molar refractivity (Wildman–Crippen MR) is 110 cm³/mol. The normalized spacial score (nSPS) is 16.4. The summed E-state index contributed by atoms with van der Waals surface area (Å²) in [5.41, 5.74) is 1.80. The van der Waals surface area contributed by atoms with Crippen LogP contribution in [0.2, 0.25) is 0 Å². The predicted octanol–water partition coefficient (Wildman–Crippen LogP) is 2.35. The number of hydrogen-bond acceptors (Lipinski definition) is 6. The van der Waals surface area contributed by atoms with Crippen LogP contribution in [-0.4, -0.2) is 38.5 Å². The van der Waals surface area contributed by atoms with E-state index < -0.39 is 11.8 Å². The molecule has 0 spiro atoms. The largest absolute Gasteiger partial charge is 0.282 e. The first-order valence-electron chi connectivity index (χ1n) is 9.05. The third kappa shape index (κ3) is 3.53. The summed E-state index contributed by atoms with van der Waals surface area (Å²) in [4.78, 5) is 35.0. The Morgan fingerprint density at radius 2 is 1.83 bits per heavy atom. The van der Waals surface area contributed by atoms with Crippen molar-refractivity contribution in [3.8, 4) is 11.9 Å². The minimum Gasteiger partial charge on any atom is -0.280 e. The average Bonchev–Trinajstić information content (AvgIpc) is 2.76. The second-order valence-electron chi connectivity index (χ2n) is 6.69. The highest BCUT2D eigenvalue weighted by molar-refractivity contribution is 9.10. The third-order valence-corrected chi connectivity index (χ3v) is 5.35. The Morgan fingerprint density at radius 1 is 1.13 bits per heavy atom. The van der Waals surface area contributed by atoms with Crippen LogP contribution in [-0.2, 0) is 11.2 Å². The molecule has 0 N–H and O–H groups in total. The van der Waals surface area contributed by atoms with Crippen molar-refractivity contribution in [3.05, 3.63) is 81.6 Å². The van der Waals surface area contributed by atoms with E-state index in [1.807, 2.05) is 30.3 Å². The Kier molecular flexibility index (Phi) is 5.25. The first-order chi connectivity index (χ1) is 14.5. The van der Waals surface area contributed by atoms with Crippen LogP contribution in [0.5, 0.6) is 0 Å². The molecule has 4 rings (SSSR count). The summed E-state index contributed by atoms with van der Waals surface area (Å²) in [5.74, 6) is -1.61. The Bertz CT molecular complexity index is 1250. The smallest absolute Gasteiger partial charge is 0.280 e. The number of aromatic nitrogens is 3. The minimum atomic E-state index is -0.704. The number of halogens is 1. The Labute approximate surface area is 180 Å². The van der Waals surface area contributed by atoms with E-state index in [0.29, 0.717) is 12.1 Å². The molecule has 1 aliphatic rings. The zero-order valence-corrected chi connectivity index (χ0v) is 17.4. The second kappa shape index (κ2) is 8.00. The van der Waals surface area contributed by atoms with E-state index in [4.69, 9.17) is 5.26 Å². The lowest BCUT2D eigenvalue weighted by Gasteiger charge is -2.28. The number of nitrogens with zero attached hydrogens (tertiary/aromatic N) is 6. The zero-order valence-electron chi connectivity index (χ0n) is 15.9. The van der Waals surface area contributed by atoms with E-state index in [1.165, 1.54) is 11.7 Å². The van der Waals surface area contributed by atoms with E-state index >= 15 is 0 Å². The van der Waals surface area contributed by atoms with E-state index in [2.05, 4.69) is 31.0 Å². The lowest BCUT2D eigenvalue weighted by atomic mass is 9.90. The number of likely N-dealkylation sites (N-methyl/N-ethyl adjacent to an activating group) is 1. The van der Waals surface area contributed by atoms with Crippen molar-refractivity contribution >= 4 is 27.7 Å². The van der Waals surface area contributed by atoms with Gasteiger partial charge in [-0.2, -0.15) is 15.0 Å². The number of nitriles is 1. The maximum Gasteiger partial charge on any atom is 0.282 e. The van der Waals surface area contributed by atoms with Crippen LogP contribution < -0.4 is 5.62 Å². The van der Waals surface area contributed by atoms with Gasteiger partial charge in [-0.3, -0.25) is 14.5 Å². The molecule has 2 aromatic carbocycles. The minimum absolute atomic E-state index is 0.00165. The number of imide groups is 1. The Hall–Kier alpha value is -3.64. The first-order valence-corrected chi connectivity index (χ1v) is 9.84. The molecule has 3 aromatic rings. The summed E-state index contributed by atoms with van der Waals surface area (Å²) < 4.78 is 2.19. The van der Waals surface area contributed by atoms with Crippen molar-refractivity contribution in [1.82, 2.24) is 19.7 Å². The zero-order chi connectivity index (χ0) is 21.3. The van der Waals surface area contributed by atoms with E-state index in [1.54, 1.807) is 30.5 Å². The molecule has 1 aromatic heterocycles. The first kappa shape index (κ1) is 19.7. The quantitative estimate of drug-likeness (QED) is 0.438. The van der Waals surface area contributed by atoms with Crippen molar-refractivity contribution in [2.24, 2.45) is 4.99 Å². The van der Waals surface area contributed by atoms with Crippen LogP contribution in [0, 0.1) is 11.5 Å². The highest BCUT2D eigenvalue weighted by Crippen LogP contribution is 2.28. The summed E-state index contributed by atoms with van der Waals surface area (Å²) in [5, 5.41) is 13.6. The number of carbonyl (C=O) groups excluding carboxylic acids is 2. The number of amides is 2. The number of benzene rings is 2. The fraction of sp³-hybridized carbons (Fsp3) is 0.143. The highest BCUT2D eigenvalue weighted by atomic mass is 79.9. The highest BCUT2D eigenvalue weighted by Gasteiger charge is 2.40. The molecule has 0 bridgehead atoms. The van der Waals surface area contributed by atoms with Gasteiger partial charge >= 0.3 is 0 Å². The van der Waals surface area contributed by atoms with Crippen LogP contribution in [0.25, 0.3) is 5.69 Å². The number of rotatable bonds is 3. The van der Waals surface area contributed by atoms with Gasteiger partial charge in [-0.15, -0.1) is 4.99 Å². The van der Waals surface area contributed by atoms with Crippen LogP contribution in [0.3, 0.4) is 0 Å². The maximum atomic E-state index is 12.9. The van der Waals surface area contributed by atoms with E-state index in [9.17, 15) is 9.59 Å². The molecule has 1 unspecified atom stereocenters. The van der Waals surface area contributed by atoms with Crippen molar-refractivity contribution < 1.29 is 9.59 Å². The molecule has 0 saturated carbocycles. The SMILES string of the molecule is CN1C(=O)c2nn(-c3ccc(Br)cc3)c(=NC#N)nc2C(Cc2ccccc2)C1=O. The van der Waals surface area contributed by atoms with Gasteiger partial charge < -0.3 is 0 Å². The molecule has 9 heteroatoms. The number of fused-ring (bicyclic) bond motifs is 1. The Morgan fingerprint density at radius 3 is 2.50 bits per heavy atom. The molecule has 1 atom stereocenters. The van der Waals surface area contributed by atoms with Crippen molar-refractivity contribution in [1.29, 1.82) is 5.26 Å². The van der Waals surface area contributed by atoms with Gasteiger partial charge in [0, 0.05) is 11.5 Å². The van der Waals surface area contributed by atoms with Crippen molar-refractivity contribution in [2.75, 3.05) is 7.05 Å². The molecule has 2 amide bonds. The molecule has 0 saturated heterocycles. The number of hydrogen-bond donors (Lipinski definition) is 0.